The van der Waals surface area contributed by atoms with Crippen LogP contribution in [-0.2, 0) is 19.1 Å². The maximum absolute atomic E-state index is 14.5. The molecule has 0 unspecified atom stereocenters. The van der Waals surface area contributed by atoms with Crippen LogP contribution in [0.1, 0.15) is 92.9 Å². The van der Waals surface area contributed by atoms with Crippen molar-refractivity contribution >= 4 is 11.9 Å². The Morgan fingerprint density at radius 3 is 2.21 bits per heavy atom. The lowest BCUT2D eigenvalue weighted by Crippen LogP contribution is -2.70. The largest absolute Gasteiger partial charge is 0.481 e. The van der Waals surface area contributed by atoms with Crippen LogP contribution in [0.4, 0.5) is 0 Å². The van der Waals surface area contributed by atoms with Crippen LogP contribution in [0.15, 0.2) is 11.6 Å². The smallest absolute Gasteiger partial charge is 0.315 e. The van der Waals surface area contributed by atoms with Crippen molar-refractivity contribution in [2.45, 2.75) is 141 Å². The molecule has 1 saturated heterocycles. The van der Waals surface area contributed by atoms with Crippen molar-refractivity contribution in [1.82, 2.24) is 0 Å². The van der Waals surface area contributed by atoms with E-state index >= 15 is 0 Å². The molecule has 1 aliphatic heterocycles. The Morgan fingerprint density at radius 2 is 1.58 bits per heavy atom. The highest BCUT2D eigenvalue weighted by Crippen LogP contribution is 2.76. The number of ether oxygens (including phenoxy) is 2. The number of hydrogen-bond acceptors (Lipinski definition) is 11. The van der Waals surface area contributed by atoms with Crippen LogP contribution in [0.5, 0.6) is 0 Å². The molecule has 0 amide bonds. The van der Waals surface area contributed by atoms with Crippen molar-refractivity contribution in [3.05, 3.63) is 11.6 Å². The second kappa shape index (κ2) is 11.4. The zero-order chi connectivity index (χ0) is 35.6. The molecule has 1 heterocycles. The van der Waals surface area contributed by atoms with E-state index < -0.39 is 100 Å². The minimum atomic E-state index is -1.75. The van der Waals surface area contributed by atoms with Gasteiger partial charge in [0.25, 0.3) is 0 Å². The summed E-state index contributed by atoms with van der Waals surface area (Å²) < 4.78 is 11.4. The third-order valence-corrected chi connectivity index (χ3v) is 15.6. The van der Waals surface area contributed by atoms with Gasteiger partial charge in [-0.05, 0) is 99.2 Å². The molecule has 17 atom stereocenters. The van der Waals surface area contributed by atoms with E-state index in [1.165, 1.54) is 0 Å². The number of allylic oxidation sites excluding steroid dienone is 1. The molecule has 5 aliphatic carbocycles. The summed E-state index contributed by atoms with van der Waals surface area (Å²) in [5.74, 6) is -3.01. The van der Waals surface area contributed by atoms with Crippen molar-refractivity contribution in [3.8, 4) is 0 Å². The van der Waals surface area contributed by atoms with E-state index in [9.17, 15) is 50.4 Å². The number of carbonyl (C=O) groups is 2. The monoisotopic (exact) mass is 680 g/mol. The number of esters is 1. The van der Waals surface area contributed by atoms with Gasteiger partial charge >= 0.3 is 11.9 Å². The van der Waals surface area contributed by atoms with Gasteiger partial charge in [0.2, 0.25) is 6.29 Å². The molecule has 6 rings (SSSR count). The standard InChI is InChI=1S/C36H56O12/c1-17-9-12-36(30(45)48-28-25(41)24(40)23(39)20(16-37)47-28)14-13-32(3)18(26(36)35(17,6)46)7-8-21-31(2)15-19(38)27(42)34(5,29(43)44)22(31)10-11-33(21,32)4/h7,17,19-28,37-42,46H,8-16H2,1-6H3,(H,43,44)/t17-,19-,20-,21-,22+,23-,24+,25-,26-,27+,28+,31-,32-,33-,34+,35-,36+/m1/s1. The molecule has 12 nitrogen and oxygen atoms in total. The Labute approximate surface area is 282 Å². The summed E-state index contributed by atoms with van der Waals surface area (Å²) in [5, 5.41) is 85.9. The Morgan fingerprint density at radius 1 is 0.917 bits per heavy atom. The van der Waals surface area contributed by atoms with Gasteiger partial charge in [0, 0.05) is 5.92 Å². The predicted molar refractivity (Wildman–Crippen MR) is 170 cm³/mol. The van der Waals surface area contributed by atoms with Gasteiger partial charge in [0.05, 0.1) is 35.2 Å². The SMILES string of the molecule is C[C@@H]1CC[C@]2(C(=O)O[C@@H]3O[C@H](CO)[C@@H](O)[C@H](O)[C@H]3O)CC[C@]3(C)C(=CC[C@@H]4[C@@]5(C)C[C@@H](O)[C@H](O)[C@@](C)(C(=O)O)[C@H]5CC[C@]43C)[C@@H]2[C@]1(C)O. The second-order valence-corrected chi connectivity index (χ2v) is 17.5. The van der Waals surface area contributed by atoms with Crippen LogP contribution in [0.25, 0.3) is 0 Å². The third-order valence-electron chi connectivity index (χ3n) is 15.6. The van der Waals surface area contributed by atoms with Crippen LogP contribution < -0.4 is 0 Å². The van der Waals surface area contributed by atoms with E-state index in [2.05, 4.69) is 26.8 Å². The number of fused-ring (bicyclic) bond motifs is 7. The molecule has 0 spiro atoms. The summed E-state index contributed by atoms with van der Waals surface area (Å²) in [6, 6.07) is 0. The average Bonchev–Trinajstić information content (AvgIpc) is 3.02. The molecule has 272 valence electrons. The summed E-state index contributed by atoms with van der Waals surface area (Å²) in [6.45, 7) is 11.2. The van der Waals surface area contributed by atoms with Gasteiger partial charge in [-0.1, -0.05) is 39.3 Å². The molecule has 0 aromatic heterocycles. The van der Waals surface area contributed by atoms with Crippen LogP contribution in [0.2, 0.25) is 0 Å². The number of hydrogen-bond donors (Lipinski definition) is 8. The number of rotatable bonds is 4. The first-order valence-electron chi connectivity index (χ1n) is 17.7. The molecule has 8 N–H and O–H groups in total. The first-order valence-corrected chi connectivity index (χ1v) is 17.7. The highest BCUT2D eigenvalue weighted by molar-refractivity contribution is 5.79. The zero-order valence-electron chi connectivity index (χ0n) is 29.0. The van der Waals surface area contributed by atoms with Gasteiger partial charge in [-0.15, -0.1) is 0 Å². The van der Waals surface area contributed by atoms with E-state index in [-0.39, 0.29) is 24.2 Å². The van der Waals surface area contributed by atoms with Crippen LogP contribution in [-0.4, -0.2) is 108 Å². The maximum Gasteiger partial charge on any atom is 0.315 e. The number of carboxylic acid groups (broad SMARTS) is 1. The van der Waals surface area contributed by atoms with Gasteiger partial charge in [0.15, 0.2) is 0 Å². The van der Waals surface area contributed by atoms with Crippen molar-refractivity contribution in [1.29, 1.82) is 0 Å². The third kappa shape index (κ3) is 4.49. The minimum Gasteiger partial charge on any atom is -0.481 e. The highest BCUT2D eigenvalue weighted by atomic mass is 16.7. The number of aliphatic hydroxyl groups excluding tert-OH is 6. The van der Waals surface area contributed by atoms with Gasteiger partial charge < -0.3 is 50.3 Å². The van der Waals surface area contributed by atoms with E-state index in [1.807, 2.05) is 6.92 Å². The van der Waals surface area contributed by atoms with Crippen molar-refractivity contribution < 1.29 is 59.9 Å². The first kappa shape index (κ1) is 36.2. The molecular formula is C36H56O12. The molecule has 48 heavy (non-hydrogen) atoms. The summed E-state index contributed by atoms with van der Waals surface area (Å²) in [6.07, 6.45) is -4.43. The van der Waals surface area contributed by atoms with E-state index in [1.54, 1.807) is 13.8 Å². The molecule has 6 aliphatic rings. The van der Waals surface area contributed by atoms with Crippen molar-refractivity contribution in [3.63, 3.8) is 0 Å². The zero-order valence-corrected chi connectivity index (χ0v) is 29.0. The average molecular weight is 681 g/mol. The summed E-state index contributed by atoms with van der Waals surface area (Å²) in [5.41, 5.74) is -4.57. The fourth-order valence-corrected chi connectivity index (χ4v) is 12.3. The molecular weight excluding hydrogens is 624 g/mol. The van der Waals surface area contributed by atoms with Crippen molar-refractivity contribution in [2.75, 3.05) is 6.61 Å². The quantitative estimate of drug-likeness (QED) is 0.157. The lowest BCUT2D eigenvalue weighted by atomic mass is 9.33. The Balaban J connectivity index is 1.41. The number of carbonyl (C=O) groups excluding carboxylic acids is 1. The minimum absolute atomic E-state index is 0.0437. The Hall–Kier alpha value is -1.64. The lowest BCUT2D eigenvalue weighted by Gasteiger charge is -2.71. The first-order chi connectivity index (χ1) is 22.2. The second-order valence-electron chi connectivity index (χ2n) is 17.5. The van der Waals surface area contributed by atoms with Gasteiger partial charge in [-0.25, -0.2) is 0 Å². The topological polar surface area (TPSA) is 214 Å². The molecule has 12 heteroatoms. The predicted octanol–water partition coefficient (Wildman–Crippen LogP) is 1.50. The van der Waals surface area contributed by atoms with Crippen molar-refractivity contribution in [2.24, 2.45) is 50.7 Å². The Bertz CT molecular complexity index is 1350. The molecule has 0 aromatic carbocycles. The van der Waals surface area contributed by atoms with Gasteiger partial charge in [0.1, 0.15) is 24.4 Å². The lowest BCUT2D eigenvalue weighted by molar-refractivity contribution is -0.299. The molecule has 0 bridgehead atoms. The molecule has 4 saturated carbocycles. The van der Waals surface area contributed by atoms with Crippen LogP contribution in [0.3, 0.4) is 0 Å². The fourth-order valence-electron chi connectivity index (χ4n) is 12.3. The number of aliphatic hydroxyl groups is 7. The highest BCUT2D eigenvalue weighted by Gasteiger charge is 2.73. The molecule has 0 radical (unpaired) electrons. The van der Waals surface area contributed by atoms with Gasteiger partial charge in [-0.3, -0.25) is 9.59 Å². The number of aliphatic carboxylic acids is 1. The summed E-state index contributed by atoms with van der Waals surface area (Å²) in [7, 11) is 0. The molecule has 5 fully saturated rings. The van der Waals surface area contributed by atoms with E-state index in [0.29, 0.717) is 44.9 Å². The summed E-state index contributed by atoms with van der Waals surface area (Å²) in [4.78, 5) is 27.2. The normalized spacial score (nSPS) is 56.4. The Kier molecular flexibility index (Phi) is 8.61. The van der Waals surface area contributed by atoms with Gasteiger partial charge in [-0.2, -0.15) is 0 Å². The summed E-state index contributed by atoms with van der Waals surface area (Å²) >= 11 is 0. The van der Waals surface area contributed by atoms with Crippen LogP contribution in [0, 0.1) is 50.7 Å². The van der Waals surface area contributed by atoms with Crippen LogP contribution >= 0.6 is 0 Å². The van der Waals surface area contributed by atoms with E-state index in [0.717, 1.165) is 5.57 Å². The number of carboxylic acids is 1. The fraction of sp³-hybridized carbons (Fsp3) is 0.889. The van der Waals surface area contributed by atoms with E-state index in [4.69, 9.17) is 9.47 Å². The molecule has 0 aromatic rings. The maximum atomic E-state index is 14.5.